The summed E-state index contributed by atoms with van der Waals surface area (Å²) in [6.07, 6.45) is 0.516. The smallest absolute Gasteiger partial charge is 0.410 e. The molecule has 4 aromatic carbocycles. The summed E-state index contributed by atoms with van der Waals surface area (Å²) in [6.45, 7) is 3.18. The van der Waals surface area contributed by atoms with Gasteiger partial charge in [-0.2, -0.15) is 0 Å². The van der Waals surface area contributed by atoms with Crippen molar-refractivity contribution in [2.45, 2.75) is 43.4 Å². The quantitative estimate of drug-likeness (QED) is 0.363. The number of piperidine rings is 1. The Morgan fingerprint density at radius 3 is 2.11 bits per heavy atom. The topological polar surface area (TPSA) is 59.0 Å². The van der Waals surface area contributed by atoms with Crippen LogP contribution in [0.5, 0.6) is 0 Å². The Morgan fingerprint density at radius 1 is 0.868 bits per heavy atom. The van der Waals surface area contributed by atoms with E-state index in [1.54, 1.807) is 0 Å². The van der Waals surface area contributed by atoms with Gasteiger partial charge in [0.15, 0.2) is 0 Å². The average Bonchev–Trinajstić information content (AvgIpc) is 3.25. The molecular formula is C33H31NO4. The van der Waals surface area contributed by atoms with Crippen LogP contribution >= 0.6 is 0 Å². The second-order valence-electron chi connectivity index (χ2n) is 11.0. The predicted octanol–water partition coefficient (Wildman–Crippen LogP) is 6.15. The first-order chi connectivity index (χ1) is 18.5. The van der Waals surface area contributed by atoms with Gasteiger partial charge in [-0.25, -0.2) is 4.79 Å². The summed E-state index contributed by atoms with van der Waals surface area (Å²) in [4.78, 5) is 15.4. The number of carbonyl (C=O) groups excluding carboxylic acids is 1. The lowest BCUT2D eigenvalue weighted by Gasteiger charge is -2.51. The largest absolute Gasteiger partial charge is 0.448 e. The van der Waals surface area contributed by atoms with Crippen molar-refractivity contribution in [1.82, 2.24) is 4.90 Å². The average molecular weight is 506 g/mol. The Morgan fingerprint density at radius 2 is 1.45 bits per heavy atom. The zero-order valence-corrected chi connectivity index (χ0v) is 21.5. The van der Waals surface area contributed by atoms with E-state index in [0.717, 1.165) is 16.3 Å². The van der Waals surface area contributed by atoms with Crippen LogP contribution in [0.1, 0.15) is 41.0 Å². The van der Waals surface area contributed by atoms with E-state index in [1.165, 1.54) is 27.8 Å². The second kappa shape index (κ2) is 8.97. The molecule has 2 unspecified atom stereocenters. The molecule has 1 amide bonds. The highest BCUT2D eigenvalue weighted by molar-refractivity contribution is 5.89. The van der Waals surface area contributed by atoms with E-state index in [1.807, 2.05) is 29.2 Å². The number of hydrogen-bond acceptors (Lipinski definition) is 4. The van der Waals surface area contributed by atoms with Gasteiger partial charge in [0.25, 0.3) is 0 Å². The number of rotatable bonds is 3. The molecule has 2 atom stereocenters. The Hall–Kier alpha value is -3.67. The molecule has 2 bridgehead atoms. The molecule has 2 aliphatic heterocycles. The van der Waals surface area contributed by atoms with Crippen LogP contribution in [0.3, 0.4) is 0 Å². The van der Waals surface area contributed by atoms with Crippen molar-refractivity contribution >= 4 is 16.9 Å². The number of amides is 1. The summed E-state index contributed by atoms with van der Waals surface area (Å²) in [5.74, 6) is 0.0167. The SMILES string of the molecule is Cc1ccc(C2(O)CC3COCC(C2)N3C(=O)OCC2c3ccccc3-c3ccccc32)c2ccccc12. The molecule has 3 aliphatic rings. The number of benzene rings is 4. The zero-order chi connectivity index (χ0) is 25.9. The van der Waals surface area contributed by atoms with Gasteiger partial charge >= 0.3 is 6.09 Å². The van der Waals surface area contributed by atoms with E-state index < -0.39 is 5.60 Å². The van der Waals surface area contributed by atoms with Gasteiger partial charge in [0.2, 0.25) is 0 Å². The number of morpholine rings is 1. The van der Waals surface area contributed by atoms with Gasteiger partial charge in [-0.15, -0.1) is 0 Å². The van der Waals surface area contributed by atoms with E-state index in [9.17, 15) is 9.90 Å². The molecule has 1 N–H and O–H groups in total. The van der Waals surface area contributed by atoms with Crippen molar-refractivity contribution in [3.63, 3.8) is 0 Å². The number of ether oxygens (including phenoxy) is 2. The van der Waals surface area contributed by atoms with Gasteiger partial charge in [-0.3, -0.25) is 4.90 Å². The Bertz CT molecular complexity index is 1490. The summed E-state index contributed by atoms with van der Waals surface area (Å²) in [5.41, 5.74) is 5.90. The van der Waals surface area contributed by atoms with E-state index in [4.69, 9.17) is 9.47 Å². The third-order valence-electron chi connectivity index (χ3n) is 8.74. The highest BCUT2D eigenvalue weighted by Gasteiger charge is 2.50. The van der Waals surface area contributed by atoms with Gasteiger partial charge < -0.3 is 14.6 Å². The Kier molecular flexibility index (Phi) is 5.53. The summed E-state index contributed by atoms with van der Waals surface area (Å²) in [7, 11) is 0. The third-order valence-corrected chi connectivity index (χ3v) is 8.74. The molecule has 2 fully saturated rings. The molecular weight excluding hydrogens is 474 g/mol. The van der Waals surface area contributed by atoms with Crippen molar-refractivity contribution in [1.29, 1.82) is 0 Å². The lowest BCUT2D eigenvalue weighted by atomic mass is 9.75. The fraction of sp³-hybridized carbons (Fsp3) is 0.303. The standard InChI is InChI=1S/C33H31NO4/c1-21-14-15-31(29-13-7-2-8-24(21)29)33(36)16-22-18-37-19-23(17-33)34(22)32(35)38-20-30-27-11-5-3-9-25(27)26-10-4-6-12-28(26)30/h2-15,22-23,30,36H,16-20H2,1H3. The Balaban J connectivity index is 1.13. The van der Waals surface area contributed by atoms with Crippen LogP contribution in [-0.4, -0.2) is 48.0 Å². The fourth-order valence-corrected chi connectivity index (χ4v) is 7.02. The monoisotopic (exact) mass is 505 g/mol. The molecule has 5 heteroatoms. The lowest BCUT2D eigenvalue weighted by molar-refractivity contribution is -0.136. The summed E-state index contributed by atoms with van der Waals surface area (Å²) in [6, 6.07) is 28.6. The molecule has 7 rings (SSSR count). The minimum absolute atomic E-state index is 0.0167. The molecule has 0 aromatic heterocycles. The van der Waals surface area contributed by atoms with Crippen LogP contribution in [-0.2, 0) is 15.1 Å². The minimum Gasteiger partial charge on any atom is -0.448 e. The van der Waals surface area contributed by atoms with Crippen LogP contribution in [0.15, 0.2) is 84.9 Å². The molecule has 2 heterocycles. The van der Waals surface area contributed by atoms with Crippen molar-refractivity contribution in [3.05, 3.63) is 107 Å². The molecule has 0 radical (unpaired) electrons. The van der Waals surface area contributed by atoms with E-state index in [-0.39, 0.29) is 30.7 Å². The van der Waals surface area contributed by atoms with Crippen LogP contribution in [0.2, 0.25) is 0 Å². The van der Waals surface area contributed by atoms with E-state index in [2.05, 4.69) is 67.6 Å². The van der Waals surface area contributed by atoms with Gasteiger partial charge in [0, 0.05) is 18.8 Å². The molecule has 0 spiro atoms. The maximum absolute atomic E-state index is 13.6. The van der Waals surface area contributed by atoms with E-state index in [0.29, 0.717) is 26.1 Å². The maximum Gasteiger partial charge on any atom is 0.410 e. The molecule has 5 nitrogen and oxygen atoms in total. The summed E-state index contributed by atoms with van der Waals surface area (Å²) < 4.78 is 11.9. The lowest BCUT2D eigenvalue weighted by Crippen LogP contribution is -2.62. The van der Waals surface area contributed by atoms with Gasteiger partial charge in [0.1, 0.15) is 6.61 Å². The molecule has 0 saturated carbocycles. The van der Waals surface area contributed by atoms with Crippen molar-refractivity contribution in [2.75, 3.05) is 19.8 Å². The van der Waals surface area contributed by atoms with Crippen LogP contribution in [0.25, 0.3) is 21.9 Å². The van der Waals surface area contributed by atoms with Crippen molar-refractivity contribution in [2.24, 2.45) is 0 Å². The van der Waals surface area contributed by atoms with Gasteiger partial charge in [0.05, 0.1) is 30.9 Å². The maximum atomic E-state index is 13.6. The molecule has 1 aliphatic carbocycles. The number of fused-ring (bicyclic) bond motifs is 6. The summed E-state index contributed by atoms with van der Waals surface area (Å²) in [5, 5.41) is 14.2. The first-order valence-corrected chi connectivity index (χ1v) is 13.5. The number of hydrogen-bond donors (Lipinski definition) is 1. The van der Waals surface area contributed by atoms with E-state index >= 15 is 0 Å². The Labute approximate surface area is 222 Å². The first-order valence-electron chi connectivity index (χ1n) is 13.5. The predicted molar refractivity (Wildman–Crippen MR) is 147 cm³/mol. The fourth-order valence-electron chi connectivity index (χ4n) is 7.02. The van der Waals surface area contributed by atoms with Crippen LogP contribution < -0.4 is 0 Å². The molecule has 192 valence electrons. The number of aryl methyl sites for hydroxylation is 1. The number of nitrogens with zero attached hydrogens (tertiary/aromatic N) is 1. The summed E-state index contributed by atoms with van der Waals surface area (Å²) >= 11 is 0. The van der Waals surface area contributed by atoms with Crippen LogP contribution in [0, 0.1) is 6.92 Å². The van der Waals surface area contributed by atoms with Crippen LogP contribution in [0.4, 0.5) is 4.79 Å². The second-order valence-corrected chi connectivity index (χ2v) is 11.0. The minimum atomic E-state index is -1.04. The molecule has 4 aromatic rings. The number of carbonyl (C=O) groups is 1. The van der Waals surface area contributed by atoms with Crippen molar-refractivity contribution < 1.29 is 19.4 Å². The highest BCUT2D eigenvalue weighted by Crippen LogP contribution is 2.46. The van der Waals surface area contributed by atoms with Gasteiger partial charge in [-0.05, 0) is 51.1 Å². The number of aliphatic hydroxyl groups is 1. The first kappa shape index (κ1) is 23.4. The zero-order valence-electron chi connectivity index (χ0n) is 21.5. The van der Waals surface area contributed by atoms with Gasteiger partial charge in [-0.1, -0.05) is 84.9 Å². The highest BCUT2D eigenvalue weighted by atomic mass is 16.6. The molecule has 2 saturated heterocycles. The molecule has 38 heavy (non-hydrogen) atoms. The third kappa shape index (κ3) is 3.64. The van der Waals surface area contributed by atoms with Crippen molar-refractivity contribution in [3.8, 4) is 11.1 Å². The normalized spacial score (nSPS) is 24.2.